The van der Waals surface area contributed by atoms with Crippen LogP contribution in [-0.2, 0) is 23.5 Å². The molecule has 6 heteroatoms. The number of fused-ring (bicyclic) bond motifs is 1. The van der Waals surface area contributed by atoms with Crippen LogP contribution in [0.1, 0.15) is 23.5 Å². The second-order valence-corrected chi connectivity index (χ2v) is 8.20. The highest BCUT2D eigenvalue weighted by Gasteiger charge is 2.23. The van der Waals surface area contributed by atoms with Gasteiger partial charge in [0.1, 0.15) is 17.3 Å². The number of rotatable bonds is 8. The van der Waals surface area contributed by atoms with Crippen LogP contribution in [0.3, 0.4) is 0 Å². The van der Waals surface area contributed by atoms with Crippen molar-refractivity contribution in [3.63, 3.8) is 0 Å². The van der Waals surface area contributed by atoms with Gasteiger partial charge in [0.15, 0.2) is 0 Å². The van der Waals surface area contributed by atoms with Crippen molar-refractivity contribution in [3.8, 4) is 5.75 Å². The Kier molecular flexibility index (Phi) is 7.24. The maximum absolute atomic E-state index is 12.5. The molecule has 1 aliphatic rings. The molecule has 1 aliphatic heterocycles. The lowest BCUT2D eigenvalue weighted by atomic mass is 9.96. The van der Waals surface area contributed by atoms with E-state index in [0.29, 0.717) is 13.2 Å². The van der Waals surface area contributed by atoms with E-state index in [1.165, 1.54) is 0 Å². The highest BCUT2D eigenvalue weighted by molar-refractivity contribution is 7.98. The zero-order chi connectivity index (χ0) is 19.1. The Labute approximate surface area is 165 Å². The molecule has 0 spiro atoms. The second kappa shape index (κ2) is 9.85. The standard InChI is InChI=1S/C21H28N2O3S/c1-23(2)14-18-7-8-19(26-18)15-27-12-10-22-21(24)17-9-11-25-20-6-4-3-5-16(20)13-17/h3-8,17H,9-15H2,1-2H3,(H,22,24)/t17-/m0/s1. The normalized spacial score (nSPS) is 16.5. The number of para-hydroxylation sites is 1. The first-order valence-electron chi connectivity index (χ1n) is 9.40. The van der Waals surface area contributed by atoms with Crippen molar-refractivity contribution in [2.45, 2.75) is 25.1 Å². The molecule has 5 nitrogen and oxygen atoms in total. The van der Waals surface area contributed by atoms with Gasteiger partial charge in [-0.05, 0) is 50.7 Å². The maximum atomic E-state index is 12.5. The Morgan fingerprint density at radius 3 is 2.89 bits per heavy atom. The van der Waals surface area contributed by atoms with E-state index in [1.807, 2.05) is 50.5 Å². The molecule has 0 saturated heterocycles. The van der Waals surface area contributed by atoms with Crippen molar-refractivity contribution < 1.29 is 13.9 Å². The molecule has 0 radical (unpaired) electrons. The van der Waals surface area contributed by atoms with Gasteiger partial charge in [0, 0.05) is 18.2 Å². The van der Waals surface area contributed by atoms with Crippen LogP contribution in [0.4, 0.5) is 0 Å². The lowest BCUT2D eigenvalue weighted by Crippen LogP contribution is -2.33. The van der Waals surface area contributed by atoms with Gasteiger partial charge in [-0.2, -0.15) is 11.8 Å². The summed E-state index contributed by atoms with van der Waals surface area (Å²) in [6, 6.07) is 12.1. The van der Waals surface area contributed by atoms with Crippen LogP contribution in [0.15, 0.2) is 40.8 Å². The summed E-state index contributed by atoms with van der Waals surface area (Å²) in [6.45, 7) is 2.08. The summed E-state index contributed by atoms with van der Waals surface area (Å²) < 4.78 is 11.5. The summed E-state index contributed by atoms with van der Waals surface area (Å²) in [4.78, 5) is 14.6. The Balaban J connectivity index is 1.36. The predicted molar refractivity (Wildman–Crippen MR) is 109 cm³/mol. The molecule has 0 saturated carbocycles. The number of nitrogens with zero attached hydrogens (tertiary/aromatic N) is 1. The van der Waals surface area contributed by atoms with Crippen molar-refractivity contribution in [2.24, 2.45) is 5.92 Å². The quantitative estimate of drug-likeness (QED) is 0.703. The predicted octanol–water partition coefficient (Wildman–Crippen LogP) is 3.33. The molecule has 1 aromatic heterocycles. The number of furan rings is 1. The van der Waals surface area contributed by atoms with Gasteiger partial charge in [0.25, 0.3) is 0 Å². The molecule has 2 aromatic rings. The van der Waals surface area contributed by atoms with Crippen LogP contribution in [0, 0.1) is 5.92 Å². The minimum atomic E-state index is -0.0164. The third-order valence-corrected chi connectivity index (χ3v) is 5.49. The van der Waals surface area contributed by atoms with Gasteiger partial charge in [-0.1, -0.05) is 18.2 Å². The van der Waals surface area contributed by atoms with E-state index in [2.05, 4.69) is 10.2 Å². The van der Waals surface area contributed by atoms with Crippen LogP contribution >= 0.6 is 11.8 Å². The molecule has 0 unspecified atom stereocenters. The fraction of sp³-hybridized carbons (Fsp3) is 0.476. The van der Waals surface area contributed by atoms with E-state index >= 15 is 0 Å². The molecule has 1 amide bonds. The molecule has 0 aliphatic carbocycles. The van der Waals surface area contributed by atoms with Crippen molar-refractivity contribution >= 4 is 17.7 Å². The molecule has 1 N–H and O–H groups in total. The van der Waals surface area contributed by atoms with Crippen LogP contribution in [0.2, 0.25) is 0 Å². The lowest BCUT2D eigenvalue weighted by molar-refractivity contribution is -0.125. The largest absolute Gasteiger partial charge is 0.493 e. The first kappa shape index (κ1) is 19.8. The first-order chi connectivity index (χ1) is 13.1. The topological polar surface area (TPSA) is 54.7 Å². The SMILES string of the molecule is CN(C)Cc1ccc(CSCCNC(=O)[C@H]2CCOc3ccccc3C2)o1. The molecule has 2 heterocycles. The number of nitrogens with one attached hydrogen (secondary N) is 1. The van der Waals surface area contributed by atoms with E-state index in [9.17, 15) is 4.79 Å². The van der Waals surface area contributed by atoms with Crippen molar-refractivity contribution in [3.05, 3.63) is 53.5 Å². The number of hydrogen-bond acceptors (Lipinski definition) is 5. The third-order valence-electron chi connectivity index (χ3n) is 4.51. The molecular formula is C21H28N2O3S. The van der Waals surface area contributed by atoms with Crippen LogP contribution in [0.25, 0.3) is 0 Å². The van der Waals surface area contributed by atoms with Crippen LogP contribution in [0.5, 0.6) is 5.75 Å². The number of hydrogen-bond donors (Lipinski definition) is 1. The summed E-state index contributed by atoms with van der Waals surface area (Å²) in [6.07, 6.45) is 1.50. The second-order valence-electron chi connectivity index (χ2n) is 7.10. The number of ether oxygens (including phenoxy) is 1. The van der Waals surface area contributed by atoms with E-state index in [0.717, 1.165) is 53.7 Å². The molecule has 1 aromatic carbocycles. The van der Waals surface area contributed by atoms with Crippen molar-refractivity contribution in [1.82, 2.24) is 10.2 Å². The minimum Gasteiger partial charge on any atom is -0.493 e. The summed E-state index contributed by atoms with van der Waals surface area (Å²) in [7, 11) is 4.05. The Bertz CT molecular complexity index is 745. The van der Waals surface area contributed by atoms with Gasteiger partial charge in [-0.15, -0.1) is 0 Å². The fourth-order valence-electron chi connectivity index (χ4n) is 3.18. The Hall–Kier alpha value is -1.92. The molecule has 27 heavy (non-hydrogen) atoms. The van der Waals surface area contributed by atoms with Crippen LogP contribution in [-0.4, -0.2) is 43.8 Å². The van der Waals surface area contributed by atoms with Gasteiger partial charge < -0.3 is 19.4 Å². The Morgan fingerprint density at radius 1 is 1.22 bits per heavy atom. The van der Waals surface area contributed by atoms with E-state index in [1.54, 1.807) is 11.8 Å². The van der Waals surface area contributed by atoms with Gasteiger partial charge in [0.05, 0.1) is 18.9 Å². The van der Waals surface area contributed by atoms with E-state index in [4.69, 9.17) is 9.15 Å². The zero-order valence-corrected chi connectivity index (χ0v) is 16.9. The van der Waals surface area contributed by atoms with Gasteiger partial charge in [-0.3, -0.25) is 4.79 Å². The molecular weight excluding hydrogens is 360 g/mol. The number of benzene rings is 1. The van der Waals surface area contributed by atoms with Crippen molar-refractivity contribution in [2.75, 3.05) is 33.0 Å². The average Bonchev–Trinajstić information content (AvgIpc) is 2.96. The minimum absolute atomic E-state index is 0.0164. The highest BCUT2D eigenvalue weighted by Crippen LogP contribution is 2.26. The molecule has 0 fully saturated rings. The summed E-state index contributed by atoms with van der Waals surface area (Å²) in [5.41, 5.74) is 1.12. The van der Waals surface area contributed by atoms with E-state index in [-0.39, 0.29) is 11.8 Å². The molecule has 3 rings (SSSR count). The van der Waals surface area contributed by atoms with Crippen LogP contribution < -0.4 is 10.1 Å². The molecule has 0 bridgehead atoms. The Morgan fingerprint density at radius 2 is 2.04 bits per heavy atom. The lowest BCUT2D eigenvalue weighted by Gasteiger charge is -2.13. The van der Waals surface area contributed by atoms with E-state index < -0.39 is 0 Å². The first-order valence-corrected chi connectivity index (χ1v) is 10.6. The molecule has 1 atom stereocenters. The summed E-state index contributed by atoms with van der Waals surface area (Å²) >= 11 is 1.77. The number of carbonyl (C=O) groups is 1. The smallest absolute Gasteiger partial charge is 0.223 e. The number of thioether (sulfide) groups is 1. The van der Waals surface area contributed by atoms with Crippen molar-refractivity contribution in [1.29, 1.82) is 0 Å². The summed E-state index contributed by atoms with van der Waals surface area (Å²) in [5.74, 6) is 4.69. The number of carbonyl (C=O) groups excluding carboxylic acids is 1. The summed E-state index contributed by atoms with van der Waals surface area (Å²) in [5, 5.41) is 3.08. The molecule has 146 valence electrons. The fourth-order valence-corrected chi connectivity index (χ4v) is 3.92. The van der Waals surface area contributed by atoms with Gasteiger partial charge in [0.2, 0.25) is 5.91 Å². The monoisotopic (exact) mass is 388 g/mol. The van der Waals surface area contributed by atoms with Gasteiger partial charge in [-0.25, -0.2) is 0 Å². The van der Waals surface area contributed by atoms with Gasteiger partial charge >= 0.3 is 0 Å². The zero-order valence-electron chi connectivity index (χ0n) is 16.1. The highest BCUT2D eigenvalue weighted by atomic mass is 32.2. The third kappa shape index (κ3) is 6.04. The average molecular weight is 389 g/mol. The number of amides is 1. The maximum Gasteiger partial charge on any atom is 0.223 e.